The number of benzene rings is 1. The van der Waals surface area contributed by atoms with Crippen molar-refractivity contribution in [1.29, 1.82) is 0 Å². The van der Waals surface area contributed by atoms with Crippen LogP contribution in [0.2, 0.25) is 0 Å². The largest absolute Gasteiger partial charge is 0.351 e. The highest BCUT2D eigenvalue weighted by molar-refractivity contribution is 5.80. The van der Waals surface area contributed by atoms with Gasteiger partial charge < -0.3 is 10.2 Å². The van der Waals surface area contributed by atoms with Crippen molar-refractivity contribution in [3.8, 4) is 0 Å². The second-order valence-electron chi connectivity index (χ2n) is 6.97. The van der Waals surface area contributed by atoms with Crippen LogP contribution in [-0.2, 0) is 22.4 Å². The van der Waals surface area contributed by atoms with Crippen molar-refractivity contribution in [2.45, 2.75) is 45.6 Å². The van der Waals surface area contributed by atoms with Crippen LogP contribution in [0, 0.1) is 13.8 Å². The molecule has 1 aliphatic heterocycles. The lowest BCUT2D eigenvalue weighted by atomic mass is 10.1. The zero-order chi connectivity index (χ0) is 18.5. The first-order valence-corrected chi connectivity index (χ1v) is 9.14. The van der Waals surface area contributed by atoms with Gasteiger partial charge in [-0.2, -0.15) is 5.10 Å². The van der Waals surface area contributed by atoms with Gasteiger partial charge in [0.2, 0.25) is 11.8 Å². The van der Waals surface area contributed by atoms with Crippen LogP contribution in [0.1, 0.15) is 35.4 Å². The van der Waals surface area contributed by atoms with Gasteiger partial charge in [-0.1, -0.05) is 30.3 Å². The lowest BCUT2D eigenvalue weighted by molar-refractivity contribution is -0.130. The molecule has 26 heavy (non-hydrogen) atoms. The molecule has 138 valence electrons. The van der Waals surface area contributed by atoms with Gasteiger partial charge in [-0.25, -0.2) is 0 Å². The van der Waals surface area contributed by atoms with Crippen molar-refractivity contribution in [1.82, 2.24) is 20.4 Å². The van der Waals surface area contributed by atoms with Crippen LogP contribution in [0.3, 0.4) is 0 Å². The fraction of sp³-hybridized carbons (Fsp3) is 0.450. The van der Waals surface area contributed by atoms with Gasteiger partial charge in [0.05, 0.1) is 12.1 Å². The summed E-state index contributed by atoms with van der Waals surface area (Å²) < 4.78 is 0. The number of nitrogens with one attached hydrogen (secondary N) is 2. The number of carbonyl (C=O) groups excluding carboxylic acids is 2. The summed E-state index contributed by atoms with van der Waals surface area (Å²) in [6.45, 7) is 5.13. The van der Waals surface area contributed by atoms with Crippen LogP contribution in [0.15, 0.2) is 30.3 Å². The normalized spacial score (nSPS) is 16.7. The lowest BCUT2D eigenvalue weighted by Crippen LogP contribution is -2.39. The molecule has 0 radical (unpaired) electrons. The van der Waals surface area contributed by atoms with Crippen LogP contribution in [0.4, 0.5) is 0 Å². The smallest absolute Gasteiger partial charge is 0.224 e. The van der Waals surface area contributed by atoms with Crippen LogP contribution < -0.4 is 5.32 Å². The van der Waals surface area contributed by atoms with Gasteiger partial charge in [-0.15, -0.1) is 0 Å². The molecule has 0 saturated carbocycles. The number of aromatic amines is 1. The molecule has 0 aliphatic carbocycles. The molecule has 0 spiro atoms. The van der Waals surface area contributed by atoms with Crippen molar-refractivity contribution in [2.75, 3.05) is 13.1 Å². The van der Waals surface area contributed by atoms with E-state index < -0.39 is 0 Å². The number of H-pyrrole nitrogens is 1. The molecule has 0 bridgehead atoms. The Labute approximate surface area is 154 Å². The Balaban J connectivity index is 1.44. The Bertz CT molecular complexity index is 750. The van der Waals surface area contributed by atoms with Crippen molar-refractivity contribution < 1.29 is 9.59 Å². The van der Waals surface area contributed by atoms with E-state index >= 15 is 0 Å². The van der Waals surface area contributed by atoms with Gasteiger partial charge in [-0.3, -0.25) is 14.7 Å². The van der Waals surface area contributed by atoms with Gasteiger partial charge >= 0.3 is 0 Å². The highest BCUT2D eigenvalue weighted by atomic mass is 16.2. The average molecular weight is 354 g/mol. The molecule has 2 heterocycles. The van der Waals surface area contributed by atoms with E-state index in [0.29, 0.717) is 25.9 Å². The zero-order valence-corrected chi connectivity index (χ0v) is 15.4. The summed E-state index contributed by atoms with van der Waals surface area (Å²) in [5, 5.41) is 10.1. The third kappa shape index (κ3) is 4.50. The molecule has 1 unspecified atom stereocenters. The summed E-state index contributed by atoms with van der Waals surface area (Å²) in [6.07, 6.45) is 2.41. The highest BCUT2D eigenvalue weighted by Crippen LogP contribution is 2.14. The van der Waals surface area contributed by atoms with Crippen molar-refractivity contribution in [3.05, 3.63) is 52.8 Å². The molecule has 1 aromatic carbocycles. The number of hydrogen-bond donors (Lipinski definition) is 2. The van der Waals surface area contributed by atoms with Crippen LogP contribution in [0.25, 0.3) is 0 Å². The predicted octanol–water partition coefficient (Wildman–Crippen LogP) is 1.92. The summed E-state index contributed by atoms with van der Waals surface area (Å²) in [7, 11) is 0. The maximum Gasteiger partial charge on any atom is 0.224 e. The van der Waals surface area contributed by atoms with Crippen LogP contribution in [0.5, 0.6) is 0 Å². The number of likely N-dealkylation sites (tertiary alicyclic amines) is 1. The van der Waals surface area contributed by atoms with Gasteiger partial charge in [0.1, 0.15) is 0 Å². The fourth-order valence-electron chi connectivity index (χ4n) is 3.43. The van der Waals surface area contributed by atoms with Crippen LogP contribution in [-0.4, -0.2) is 46.0 Å². The number of hydrogen-bond acceptors (Lipinski definition) is 3. The van der Waals surface area contributed by atoms with Gasteiger partial charge in [0.25, 0.3) is 0 Å². The molecule has 1 saturated heterocycles. The Kier molecular flexibility index (Phi) is 5.71. The Morgan fingerprint density at radius 3 is 2.73 bits per heavy atom. The minimum Gasteiger partial charge on any atom is -0.351 e. The van der Waals surface area contributed by atoms with E-state index in [1.54, 1.807) is 0 Å². The summed E-state index contributed by atoms with van der Waals surface area (Å²) in [6, 6.07) is 10.1. The minimum atomic E-state index is -0.0128. The molecule has 1 aromatic heterocycles. The first-order chi connectivity index (χ1) is 12.5. The Morgan fingerprint density at radius 1 is 1.27 bits per heavy atom. The third-order valence-corrected chi connectivity index (χ3v) is 4.99. The van der Waals surface area contributed by atoms with E-state index in [-0.39, 0.29) is 17.9 Å². The molecule has 6 nitrogen and oxygen atoms in total. The summed E-state index contributed by atoms with van der Waals surface area (Å²) in [4.78, 5) is 26.6. The fourth-order valence-corrected chi connectivity index (χ4v) is 3.43. The van der Waals surface area contributed by atoms with E-state index in [0.717, 1.165) is 29.8 Å². The molecule has 6 heteroatoms. The first-order valence-electron chi connectivity index (χ1n) is 9.14. The van der Waals surface area contributed by atoms with E-state index in [1.165, 1.54) is 5.56 Å². The molecule has 2 N–H and O–H groups in total. The number of aromatic nitrogens is 2. The van der Waals surface area contributed by atoms with Gasteiger partial charge in [0.15, 0.2) is 0 Å². The van der Waals surface area contributed by atoms with E-state index in [9.17, 15) is 9.59 Å². The molecule has 2 aromatic rings. The number of rotatable bonds is 6. The number of nitrogens with zero attached hydrogens (tertiary/aromatic N) is 2. The second kappa shape index (κ2) is 8.17. The molecular formula is C20H26N4O2. The molecule has 1 fully saturated rings. The standard InChI is InChI=1S/C20H26N4O2/c1-14-18(15(2)23-22-14)12-19(25)21-17-10-11-24(13-17)20(26)9-8-16-6-4-3-5-7-16/h3-7,17H,8-13H2,1-2H3,(H,21,25)(H,22,23). The summed E-state index contributed by atoms with van der Waals surface area (Å²) in [5.41, 5.74) is 3.93. The number of aryl methyl sites for hydroxylation is 3. The maximum absolute atomic E-state index is 12.4. The second-order valence-corrected chi connectivity index (χ2v) is 6.97. The summed E-state index contributed by atoms with van der Waals surface area (Å²) >= 11 is 0. The zero-order valence-electron chi connectivity index (χ0n) is 15.4. The predicted molar refractivity (Wildman–Crippen MR) is 99.7 cm³/mol. The van der Waals surface area contributed by atoms with Crippen molar-refractivity contribution >= 4 is 11.8 Å². The Morgan fingerprint density at radius 2 is 2.04 bits per heavy atom. The molecule has 2 amide bonds. The first kappa shape index (κ1) is 18.2. The van der Waals surface area contributed by atoms with E-state index in [2.05, 4.69) is 15.5 Å². The van der Waals surface area contributed by atoms with Crippen molar-refractivity contribution in [3.63, 3.8) is 0 Å². The van der Waals surface area contributed by atoms with Gasteiger partial charge in [-0.05, 0) is 32.3 Å². The molecular weight excluding hydrogens is 328 g/mol. The highest BCUT2D eigenvalue weighted by Gasteiger charge is 2.27. The molecule has 1 aliphatic rings. The lowest BCUT2D eigenvalue weighted by Gasteiger charge is -2.17. The van der Waals surface area contributed by atoms with E-state index in [4.69, 9.17) is 0 Å². The number of carbonyl (C=O) groups is 2. The third-order valence-electron chi connectivity index (χ3n) is 4.99. The SMILES string of the molecule is Cc1n[nH]c(C)c1CC(=O)NC1CCN(C(=O)CCc2ccccc2)C1. The monoisotopic (exact) mass is 354 g/mol. The topological polar surface area (TPSA) is 78.1 Å². The molecule has 1 atom stereocenters. The van der Waals surface area contributed by atoms with E-state index in [1.807, 2.05) is 49.1 Å². The van der Waals surface area contributed by atoms with Crippen molar-refractivity contribution in [2.24, 2.45) is 0 Å². The Hall–Kier alpha value is -2.63. The quantitative estimate of drug-likeness (QED) is 0.832. The minimum absolute atomic E-state index is 0.0128. The number of amides is 2. The van der Waals surface area contributed by atoms with Crippen LogP contribution >= 0.6 is 0 Å². The van der Waals surface area contributed by atoms with Gasteiger partial charge in [0, 0.05) is 36.8 Å². The molecule has 3 rings (SSSR count). The average Bonchev–Trinajstić information content (AvgIpc) is 3.22. The maximum atomic E-state index is 12.4. The summed E-state index contributed by atoms with van der Waals surface area (Å²) in [5.74, 6) is 0.147.